The summed E-state index contributed by atoms with van der Waals surface area (Å²) in [6, 6.07) is 8.53. The van der Waals surface area contributed by atoms with Crippen LogP contribution in [0.25, 0.3) is 0 Å². The van der Waals surface area contributed by atoms with Crippen molar-refractivity contribution in [3.05, 3.63) is 47.2 Å². The molecular formula is C23H23ClFN3O6S. The number of halogens is 2. The number of benzene rings is 2. The van der Waals surface area contributed by atoms with Gasteiger partial charge in [0.05, 0.1) is 15.8 Å². The van der Waals surface area contributed by atoms with Gasteiger partial charge in [-0.2, -0.15) is 4.31 Å². The highest BCUT2D eigenvalue weighted by Gasteiger charge is 2.39. The predicted octanol–water partition coefficient (Wildman–Crippen LogP) is 2.14. The largest absolute Gasteiger partial charge is 0.486 e. The number of carbonyl (C=O) groups excluding carboxylic acids is 2. The monoisotopic (exact) mass is 523 g/mol. The molecule has 0 bridgehead atoms. The van der Waals surface area contributed by atoms with Crippen LogP contribution in [-0.2, 0) is 19.6 Å². The zero-order valence-electron chi connectivity index (χ0n) is 18.7. The zero-order valence-corrected chi connectivity index (χ0v) is 20.2. The first-order valence-corrected chi connectivity index (χ1v) is 13.0. The number of carbonyl (C=O) groups is 2. The third-order valence-electron chi connectivity index (χ3n) is 6.39. The number of nitrogens with zero attached hydrogens (tertiary/aromatic N) is 3. The van der Waals surface area contributed by atoms with Crippen molar-refractivity contribution in [2.45, 2.75) is 11.3 Å². The molecule has 2 amide bonds. The molecule has 1 atom stereocenters. The molecule has 3 heterocycles. The average molecular weight is 524 g/mol. The number of hydrogen-bond donors (Lipinski definition) is 0. The van der Waals surface area contributed by atoms with E-state index in [0.29, 0.717) is 30.4 Å². The van der Waals surface area contributed by atoms with Crippen LogP contribution in [0.15, 0.2) is 41.3 Å². The molecule has 2 fully saturated rings. The molecule has 35 heavy (non-hydrogen) atoms. The number of anilines is 1. The molecule has 0 N–H and O–H groups in total. The van der Waals surface area contributed by atoms with Crippen molar-refractivity contribution < 1.29 is 31.9 Å². The molecule has 2 aromatic carbocycles. The van der Waals surface area contributed by atoms with Crippen molar-refractivity contribution in [3.8, 4) is 11.5 Å². The number of piperazine rings is 1. The number of fused-ring (bicyclic) bond motifs is 1. The van der Waals surface area contributed by atoms with Crippen LogP contribution in [0, 0.1) is 11.7 Å². The molecular weight excluding hydrogens is 501 g/mol. The van der Waals surface area contributed by atoms with E-state index < -0.39 is 21.8 Å². The molecule has 0 radical (unpaired) electrons. The standard InChI is InChI=1S/C23H23ClFN3O6S/c24-18-13-17(2-3-19(18)25)35(31,32)27-7-5-26(6-8-27)23(30)15-11-22(29)28(14-15)16-1-4-20-21(12-16)34-10-9-33-20/h1-4,12-13,15H,5-11,14H2/t15-/m0/s1. The van der Waals surface area contributed by atoms with Crippen LogP contribution in [0.4, 0.5) is 10.1 Å². The van der Waals surface area contributed by atoms with Gasteiger partial charge in [-0.15, -0.1) is 0 Å². The Morgan fingerprint density at radius 3 is 2.43 bits per heavy atom. The van der Waals surface area contributed by atoms with Gasteiger partial charge < -0.3 is 19.3 Å². The van der Waals surface area contributed by atoms with Crippen LogP contribution in [0.1, 0.15) is 6.42 Å². The molecule has 3 aliphatic rings. The highest BCUT2D eigenvalue weighted by atomic mass is 35.5. The molecule has 12 heteroatoms. The van der Waals surface area contributed by atoms with Gasteiger partial charge in [-0.3, -0.25) is 9.59 Å². The van der Waals surface area contributed by atoms with E-state index in [1.807, 2.05) is 0 Å². The van der Waals surface area contributed by atoms with Crippen LogP contribution >= 0.6 is 11.6 Å². The predicted molar refractivity (Wildman–Crippen MR) is 125 cm³/mol. The second-order valence-electron chi connectivity index (χ2n) is 8.54. The van der Waals surface area contributed by atoms with E-state index in [1.54, 1.807) is 28.0 Å². The molecule has 9 nitrogen and oxygen atoms in total. The van der Waals surface area contributed by atoms with E-state index in [-0.39, 0.29) is 60.9 Å². The molecule has 3 aliphatic heterocycles. The Labute approximate surface area is 207 Å². The minimum Gasteiger partial charge on any atom is -0.486 e. The fraction of sp³-hybridized carbons (Fsp3) is 0.391. The van der Waals surface area contributed by atoms with E-state index in [9.17, 15) is 22.4 Å². The van der Waals surface area contributed by atoms with Crippen molar-refractivity contribution >= 4 is 39.1 Å². The van der Waals surface area contributed by atoms with Gasteiger partial charge in [0, 0.05) is 50.9 Å². The first-order chi connectivity index (χ1) is 16.7. The first kappa shape index (κ1) is 23.8. The van der Waals surface area contributed by atoms with Crippen LogP contribution < -0.4 is 14.4 Å². The second kappa shape index (κ2) is 9.29. The maximum atomic E-state index is 13.4. The lowest BCUT2D eigenvalue weighted by Crippen LogP contribution is -2.52. The minimum absolute atomic E-state index is 0.0832. The van der Waals surface area contributed by atoms with Gasteiger partial charge in [0.2, 0.25) is 21.8 Å². The Hall–Kier alpha value is -2.89. The van der Waals surface area contributed by atoms with Gasteiger partial charge in [-0.1, -0.05) is 11.6 Å². The fourth-order valence-electron chi connectivity index (χ4n) is 4.52. The van der Waals surface area contributed by atoms with Gasteiger partial charge in [0.15, 0.2) is 11.5 Å². The molecule has 5 rings (SSSR count). The van der Waals surface area contributed by atoms with Gasteiger partial charge in [0.1, 0.15) is 19.0 Å². The van der Waals surface area contributed by atoms with Crippen LogP contribution in [-0.4, -0.2) is 75.4 Å². The summed E-state index contributed by atoms with van der Waals surface area (Å²) in [5.41, 5.74) is 0.642. The van der Waals surface area contributed by atoms with Gasteiger partial charge in [0.25, 0.3) is 0 Å². The number of rotatable bonds is 4. The van der Waals surface area contributed by atoms with E-state index >= 15 is 0 Å². The summed E-state index contributed by atoms with van der Waals surface area (Å²) in [5.74, 6) is -0.368. The maximum Gasteiger partial charge on any atom is 0.243 e. The topological polar surface area (TPSA) is 96.5 Å². The van der Waals surface area contributed by atoms with Crippen LogP contribution in [0.5, 0.6) is 11.5 Å². The van der Waals surface area contributed by atoms with Crippen molar-refractivity contribution in [2.75, 3.05) is 50.8 Å². The lowest BCUT2D eigenvalue weighted by molar-refractivity contribution is -0.136. The summed E-state index contributed by atoms with van der Waals surface area (Å²) in [7, 11) is -3.87. The molecule has 186 valence electrons. The molecule has 0 aromatic heterocycles. The van der Waals surface area contributed by atoms with Crippen LogP contribution in [0.3, 0.4) is 0 Å². The average Bonchev–Trinajstić information content (AvgIpc) is 3.26. The number of sulfonamides is 1. The van der Waals surface area contributed by atoms with Crippen LogP contribution in [0.2, 0.25) is 5.02 Å². The molecule has 0 unspecified atom stereocenters. The molecule has 0 spiro atoms. The Balaban J connectivity index is 1.22. The molecule has 0 saturated carbocycles. The summed E-state index contributed by atoms with van der Waals surface area (Å²) in [6.07, 6.45) is 0.0832. The Morgan fingerprint density at radius 1 is 1.00 bits per heavy atom. The summed E-state index contributed by atoms with van der Waals surface area (Å²) in [4.78, 5) is 28.9. The Morgan fingerprint density at radius 2 is 1.71 bits per heavy atom. The quantitative estimate of drug-likeness (QED) is 0.609. The summed E-state index contributed by atoms with van der Waals surface area (Å²) in [5, 5.41) is -0.270. The van der Waals surface area contributed by atoms with Crippen molar-refractivity contribution in [1.29, 1.82) is 0 Å². The van der Waals surface area contributed by atoms with Gasteiger partial charge >= 0.3 is 0 Å². The Kier molecular flexibility index (Phi) is 6.32. The number of amides is 2. The number of ether oxygens (including phenoxy) is 2. The Bertz CT molecular complexity index is 1280. The van der Waals surface area contributed by atoms with E-state index in [4.69, 9.17) is 21.1 Å². The normalized spacial score (nSPS) is 20.9. The van der Waals surface area contributed by atoms with Crippen molar-refractivity contribution in [1.82, 2.24) is 9.21 Å². The second-order valence-corrected chi connectivity index (χ2v) is 10.9. The fourth-order valence-corrected chi connectivity index (χ4v) is 6.21. The SMILES string of the molecule is O=C([C@H]1CC(=O)N(c2ccc3c(c2)OCCO3)C1)N1CCN(S(=O)(=O)c2ccc(F)c(Cl)c2)CC1. The molecule has 2 saturated heterocycles. The van der Waals surface area contributed by atoms with Gasteiger partial charge in [-0.25, -0.2) is 12.8 Å². The third-order valence-corrected chi connectivity index (χ3v) is 8.58. The lowest BCUT2D eigenvalue weighted by atomic mass is 10.1. The smallest absolute Gasteiger partial charge is 0.243 e. The summed E-state index contributed by atoms with van der Waals surface area (Å²) >= 11 is 5.74. The summed E-state index contributed by atoms with van der Waals surface area (Å²) < 4.78 is 51.6. The van der Waals surface area contributed by atoms with Crippen molar-refractivity contribution in [2.24, 2.45) is 5.92 Å². The lowest BCUT2D eigenvalue weighted by Gasteiger charge is -2.35. The van der Waals surface area contributed by atoms with E-state index in [0.717, 1.165) is 12.1 Å². The summed E-state index contributed by atoms with van der Waals surface area (Å²) in [6.45, 7) is 1.72. The minimum atomic E-state index is -3.87. The number of hydrogen-bond acceptors (Lipinski definition) is 6. The highest BCUT2D eigenvalue weighted by molar-refractivity contribution is 7.89. The van der Waals surface area contributed by atoms with Gasteiger partial charge in [-0.05, 0) is 30.3 Å². The third kappa shape index (κ3) is 4.55. The molecule has 2 aromatic rings. The van der Waals surface area contributed by atoms with E-state index in [1.165, 1.54) is 10.4 Å². The van der Waals surface area contributed by atoms with E-state index in [2.05, 4.69) is 0 Å². The van der Waals surface area contributed by atoms with Crippen molar-refractivity contribution in [3.63, 3.8) is 0 Å². The maximum absolute atomic E-state index is 13.4. The first-order valence-electron chi connectivity index (χ1n) is 11.2. The zero-order chi connectivity index (χ0) is 24.7. The molecule has 0 aliphatic carbocycles. The highest BCUT2D eigenvalue weighted by Crippen LogP contribution is 2.36.